The number of para-hydroxylation sites is 1. The molecule has 0 atom stereocenters. The van der Waals surface area contributed by atoms with Crippen LogP contribution in [0, 0.1) is 6.92 Å². The van der Waals surface area contributed by atoms with E-state index >= 15 is 0 Å². The van der Waals surface area contributed by atoms with E-state index in [0.717, 1.165) is 35.6 Å². The number of ether oxygens (including phenoxy) is 2. The normalized spacial score (nSPS) is 10.5. The molecule has 1 N–H and O–H groups in total. The Labute approximate surface area is 169 Å². The first kappa shape index (κ1) is 19.9. The Bertz CT molecular complexity index is 923. The van der Waals surface area contributed by atoms with Gasteiger partial charge in [-0.25, -0.2) is 4.98 Å². The van der Waals surface area contributed by atoms with Crippen molar-refractivity contribution in [3.05, 3.63) is 59.5 Å². The monoisotopic (exact) mass is 396 g/mol. The van der Waals surface area contributed by atoms with Crippen molar-refractivity contribution < 1.29 is 14.3 Å². The van der Waals surface area contributed by atoms with E-state index in [1.165, 1.54) is 16.9 Å². The first-order chi connectivity index (χ1) is 13.7. The zero-order valence-corrected chi connectivity index (χ0v) is 16.9. The van der Waals surface area contributed by atoms with Gasteiger partial charge in [-0.15, -0.1) is 11.3 Å². The van der Waals surface area contributed by atoms with Gasteiger partial charge >= 0.3 is 0 Å². The maximum Gasteiger partial charge on any atom is 0.226 e. The lowest BCUT2D eigenvalue weighted by molar-refractivity contribution is -0.116. The average molecular weight is 397 g/mol. The molecule has 6 heteroatoms. The molecule has 0 aliphatic heterocycles. The van der Waals surface area contributed by atoms with Gasteiger partial charge in [0.05, 0.1) is 19.4 Å². The van der Waals surface area contributed by atoms with Crippen molar-refractivity contribution in [3.63, 3.8) is 0 Å². The first-order valence-corrected chi connectivity index (χ1v) is 10.1. The van der Waals surface area contributed by atoms with Gasteiger partial charge < -0.3 is 14.8 Å². The summed E-state index contributed by atoms with van der Waals surface area (Å²) < 4.78 is 11.1. The van der Waals surface area contributed by atoms with Crippen molar-refractivity contribution in [3.8, 4) is 22.8 Å². The molecule has 3 aromatic rings. The first-order valence-electron chi connectivity index (χ1n) is 9.24. The molecule has 1 aromatic heterocycles. The number of hydrogen-bond donors (Lipinski definition) is 1. The van der Waals surface area contributed by atoms with Gasteiger partial charge in [-0.2, -0.15) is 0 Å². The zero-order valence-electron chi connectivity index (χ0n) is 16.1. The average Bonchev–Trinajstić information content (AvgIpc) is 3.16. The molecule has 0 saturated carbocycles. The molecular weight excluding hydrogens is 372 g/mol. The molecule has 5 nitrogen and oxygen atoms in total. The van der Waals surface area contributed by atoms with Crippen molar-refractivity contribution in [2.45, 2.75) is 26.2 Å². The summed E-state index contributed by atoms with van der Waals surface area (Å²) in [5.41, 5.74) is 2.88. The molecule has 0 saturated heterocycles. The highest BCUT2D eigenvalue weighted by molar-refractivity contribution is 7.14. The second-order valence-electron chi connectivity index (χ2n) is 6.41. The Morgan fingerprint density at radius 1 is 1.14 bits per heavy atom. The maximum atomic E-state index is 12.1. The number of rotatable bonds is 9. The SMILES string of the molecule is COc1ccccc1-c1csc(NC(=O)CCCCOc2cccc(C)c2)n1. The molecule has 0 spiro atoms. The van der Waals surface area contributed by atoms with Crippen LogP contribution in [-0.2, 0) is 4.79 Å². The van der Waals surface area contributed by atoms with E-state index in [1.54, 1.807) is 7.11 Å². The summed E-state index contributed by atoms with van der Waals surface area (Å²) in [6.07, 6.45) is 2.04. The molecule has 28 heavy (non-hydrogen) atoms. The molecular formula is C22H24N2O3S. The van der Waals surface area contributed by atoms with Crippen LogP contribution in [-0.4, -0.2) is 24.6 Å². The third kappa shape index (κ3) is 5.57. The van der Waals surface area contributed by atoms with E-state index in [-0.39, 0.29) is 5.91 Å². The summed E-state index contributed by atoms with van der Waals surface area (Å²) in [7, 11) is 1.64. The van der Waals surface area contributed by atoms with Crippen molar-refractivity contribution >= 4 is 22.4 Å². The lowest BCUT2D eigenvalue weighted by Gasteiger charge is -2.07. The summed E-state index contributed by atoms with van der Waals surface area (Å²) in [4.78, 5) is 16.7. The van der Waals surface area contributed by atoms with Gasteiger partial charge in [0, 0.05) is 17.4 Å². The summed E-state index contributed by atoms with van der Waals surface area (Å²) in [6, 6.07) is 15.7. The van der Waals surface area contributed by atoms with E-state index in [1.807, 2.05) is 60.8 Å². The smallest absolute Gasteiger partial charge is 0.226 e. The van der Waals surface area contributed by atoms with Crippen LogP contribution < -0.4 is 14.8 Å². The van der Waals surface area contributed by atoms with E-state index in [0.29, 0.717) is 18.2 Å². The largest absolute Gasteiger partial charge is 0.496 e. The van der Waals surface area contributed by atoms with Crippen molar-refractivity contribution in [1.29, 1.82) is 0 Å². The van der Waals surface area contributed by atoms with Crippen LogP contribution in [0.15, 0.2) is 53.9 Å². The second kappa shape index (κ2) is 9.90. The second-order valence-corrected chi connectivity index (χ2v) is 7.27. The quantitative estimate of drug-likeness (QED) is 0.498. The minimum atomic E-state index is -0.0310. The number of methoxy groups -OCH3 is 1. The molecule has 146 valence electrons. The number of aryl methyl sites for hydroxylation is 1. The van der Waals surface area contributed by atoms with Gasteiger partial charge in [-0.3, -0.25) is 4.79 Å². The molecule has 0 aliphatic carbocycles. The lowest BCUT2D eigenvalue weighted by atomic mass is 10.1. The van der Waals surface area contributed by atoms with Crippen LogP contribution in [0.1, 0.15) is 24.8 Å². The van der Waals surface area contributed by atoms with Gasteiger partial charge in [0.2, 0.25) is 5.91 Å². The third-order valence-electron chi connectivity index (χ3n) is 4.19. The van der Waals surface area contributed by atoms with Crippen LogP contribution in [0.2, 0.25) is 0 Å². The number of thiazole rings is 1. The highest BCUT2D eigenvalue weighted by Gasteiger charge is 2.11. The number of unbranched alkanes of at least 4 members (excludes halogenated alkanes) is 1. The number of hydrogen-bond acceptors (Lipinski definition) is 5. The van der Waals surface area contributed by atoms with E-state index in [2.05, 4.69) is 10.3 Å². The van der Waals surface area contributed by atoms with Crippen molar-refractivity contribution in [1.82, 2.24) is 4.98 Å². The number of nitrogens with one attached hydrogen (secondary N) is 1. The van der Waals surface area contributed by atoms with Crippen LogP contribution in [0.3, 0.4) is 0 Å². The zero-order chi connectivity index (χ0) is 19.8. The van der Waals surface area contributed by atoms with Crippen LogP contribution in [0.4, 0.5) is 5.13 Å². The van der Waals surface area contributed by atoms with E-state index in [9.17, 15) is 4.79 Å². The highest BCUT2D eigenvalue weighted by atomic mass is 32.1. The predicted molar refractivity (Wildman–Crippen MR) is 113 cm³/mol. The minimum absolute atomic E-state index is 0.0310. The number of amides is 1. The number of anilines is 1. The van der Waals surface area contributed by atoms with Gasteiger partial charge in [-0.05, 0) is 49.6 Å². The number of benzene rings is 2. The Morgan fingerprint density at radius 2 is 2.00 bits per heavy atom. The number of nitrogens with zero attached hydrogens (tertiary/aromatic N) is 1. The number of carbonyl (C=O) groups excluding carboxylic acids is 1. The van der Waals surface area contributed by atoms with Crippen LogP contribution >= 0.6 is 11.3 Å². The Morgan fingerprint density at radius 3 is 2.82 bits per heavy atom. The molecule has 1 amide bonds. The molecule has 2 aromatic carbocycles. The fourth-order valence-corrected chi connectivity index (χ4v) is 3.50. The van der Waals surface area contributed by atoms with E-state index in [4.69, 9.17) is 9.47 Å². The third-order valence-corrected chi connectivity index (χ3v) is 4.95. The summed E-state index contributed by atoms with van der Waals surface area (Å²) >= 11 is 1.41. The van der Waals surface area contributed by atoms with Gasteiger partial charge in [0.1, 0.15) is 11.5 Å². The number of carbonyl (C=O) groups is 1. The number of aromatic nitrogens is 1. The van der Waals surface area contributed by atoms with Gasteiger partial charge in [-0.1, -0.05) is 24.3 Å². The molecule has 0 fully saturated rings. The van der Waals surface area contributed by atoms with Crippen molar-refractivity contribution in [2.24, 2.45) is 0 Å². The van der Waals surface area contributed by atoms with Crippen molar-refractivity contribution in [2.75, 3.05) is 19.0 Å². The van der Waals surface area contributed by atoms with Crippen LogP contribution in [0.5, 0.6) is 11.5 Å². The Kier molecular flexibility index (Phi) is 7.03. The standard InChI is InChI=1S/C22H24N2O3S/c1-16-8-7-9-17(14-16)27-13-6-5-12-21(25)24-22-23-19(15-28-22)18-10-3-4-11-20(18)26-2/h3-4,7-11,14-15H,5-6,12-13H2,1-2H3,(H,23,24,25). The van der Waals surface area contributed by atoms with Crippen LogP contribution in [0.25, 0.3) is 11.3 Å². The Hall–Kier alpha value is -2.86. The molecule has 0 aliphatic rings. The molecule has 0 bridgehead atoms. The predicted octanol–water partition coefficient (Wildman–Crippen LogP) is 5.31. The van der Waals surface area contributed by atoms with Gasteiger partial charge in [0.15, 0.2) is 5.13 Å². The molecule has 3 rings (SSSR count). The summed E-state index contributed by atoms with van der Waals surface area (Å²) in [6.45, 7) is 2.64. The lowest BCUT2D eigenvalue weighted by Crippen LogP contribution is -2.11. The Balaban J connectivity index is 1.42. The fourth-order valence-electron chi connectivity index (χ4n) is 2.78. The summed E-state index contributed by atoms with van der Waals surface area (Å²) in [5, 5.41) is 5.39. The van der Waals surface area contributed by atoms with E-state index < -0.39 is 0 Å². The maximum absolute atomic E-state index is 12.1. The highest BCUT2D eigenvalue weighted by Crippen LogP contribution is 2.31. The molecule has 0 unspecified atom stereocenters. The topological polar surface area (TPSA) is 60.5 Å². The fraction of sp³-hybridized carbons (Fsp3) is 0.273. The van der Waals surface area contributed by atoms with Gasteiger partial charge in [0.25, 0.3) is 0 Å². The summed E-state index contributed by atoms with van der Waals surface area (Å²) in [5.74, 6) is 1.60. The minimum Gasteiger partial charge on any atom is -0.496 e. The molecule has 0 radical (unpaired) electrons. The molecule has 1 heterocycles.